The van der Waals surface area contributed by atoms with E-state index in [4.69, 9.17) is 10.2 Å². The lowest BCUT2D eigenvalue weighted by Gasteiger charge is -2.16. The van der Waals surface area contributed by atoms with Gasteiger partial charge in [-0.2, -0.15) is 0 Å². The molecule has 1 fully saturated rings. The molecule has 4 N–H and O–H groups in total. The molecule has 0 spiro atoms. The molecule has 0 heterocycles. The Morgan fingerprint density at radius 2 is 1.82 bits per heavy atom. The minimum Gasteiger partial charge on any atom is -0.481 e. The molecular weight excluding hydrogens is 228 g/mol. The van der Waals surface area contributed by atoms with Crippen molar-refractivity contribution in [3.05, 3.63) is 0 Å². The Labute approximate surface area is 98.2 Å². The molecule has 1 unspecified atom stereocenters. The maximum absolute atomic E-state index is 11.4. The summed E-state index contributed by atoms with van der Waals surface area (Å²) in [5.41, 5.74) is 0. The van der Waals surface area contributed by atoms with Gasteiger partial charge in [-0.05, 0) is 25.7 Å². The Morgan fingerprint density at radius 1 is 1.24 bits per heavy atom. The predicted molar refractivity (Wildman–Crippen MR) is 57.5 cm³/mol. The van der Waals surface area contributed by atoms with Gasteiger partial charge in [0.1, 0.15) is 6.04 Å². The molecule has 0 aromatic rings. The fourth-order valence-electron chi connectivity index (χ4n) is 1.50. The van der Waals surface area contributed by atoms with Crippen LogP contribution in [0.1, 0.15) is 26.2 Å². The van der Waals surface area contributed by atoms with E-state index in [1.807, 2.05) is 6.92 Å². The highest BCUT2D eigenvalue weighted by molar-refractivity contribution is 5.86. The highest BCUT2D eigenvalue weighted by Gasteiger charge is 2.30. The van der Waals surface area contributed by atoms with Gasteiger partial charge in [0, 0.05) is 6.04 Å². The van der Waals surface area contributed by atoms with E-state index < -0.39 is 30.4 Å². The Morgan fingerprint density at radius 3 is 2.24 bits per heavy atom. The molecule has 0 saturated heterocycles. The third-order valence-corrected chi connectivity index (χ3v) is 2.67. The lowest BCUT2D eigenvalue weighted by Crippen LogP contribution is -2.49. The summed E-state index contributed by atoms with van der Waals surface area (Å²) in [5.74, 6) is -2.18. The van der Waals surface area contributed by atoms with Crippen LogP contribution in [-0.2, 0) is 9.59 Å². The molecule has 1 aliphatic rings. The summed E-state index contributed by atoms with van der Waals surface area (Å²) in [6.07, 6.45) is 1.47. The quantitative estimate of drug-likeness (QED) is 0.525. The first kappa shape index (κ1) is 13.3. The second-order valence-electron chi connectivity index (χ2n) is 4.23. The van der Waals surface area contributed by atoms with Crippen LogP contribution >= 0.6 is 0 Å². The summed E-state index contributed by atoms with van der Waals surface area (Å²) in [6, 6.07) is -2.06. The smallest absolute Gasteiger partial charge is 0.326 e. The van der Waals surface area contributed by atoms with Crippen LogP contribution in [0.3, 0.4) is 0 Å². The molecule has 2 atom stereocenters. The third kappa shape index (κ3) is 4.71. The van der Waals surface area contributed by atoms with Gasteiger partial charge < -0.3 is 20.8 Å². The maximum Gasteiger partial charge on any atom is 0.326 e. The van der Waals surface area contributed by atoms with Crippen LogP contribution in [-0.4, -0.2) is 40.3 Å². The van der Waals surface area contributed by atoms with Gasteiger partial charge in [0.15, 0.2) is 0 Å². The van der Waals surface area contributed by atoms with E-state index >= 15 is 0 Å². The fraction of sp³-hybridized carbons (Fsp3) is 0.700. The molecule has 1 saturated carbocycles. The van der Waals surface area contributed by atoms with Crippen LogP contribution in [0.2, 0.25) is 0 Å². The lowest BCUT2D eigenvalue weighted by molar-refractivity contribution is -0.145. The Bertz CT molecular complexity index is 327. The Hall–Kier alpha value is -1.79. The van der Waals surface area contributed by atoms with Gasteiger partial charge in [-0.1, -0.05) is 0 Å². The average molecular weight is 244 g/mol. The average Bonchev–Trinajstić information content (AvgIpc) is 2.98. The van der Waals surface area contributed by atoms with E-state index in [1.54, 1.807) is 0 Å². The fourth-order valence-corrected chi connectivity index (χ4v) is 1.50. The van der Waals surface area contributed by atoms with Crippen molar-refractivity contribution < 1.29 is 24.6 Å². The zero-order chi connectivity index (χ0) is 13.0. The number of carboxylic acid groups (broad SMARTS) is 2. The minimum absolute atomic E-state index is 0.0192. The molecule has 1 aliphatic carbocycles. The van der Waals surface area contributed by atoms with Gasteiger partial charge >= 0.3 is 18.0 Å². The number of carbonyl (C=O) groups excluding carboxylic acids is 1. The van der Waals surface area contributed by atoms with Crippen molar-refractivity contribution in [2.24, 2.45) is 5.92 Å². The van der Waals surface area contributed by atoms with Crippen molar-refractivity contribution >= 4 is 18.0 Å². The zero-order valence-corrected chi connectivity index (χ0v) is 9.47. The van der Waals surface area contributed by atoms with Gasteiger partial charge in [-0.15, -0.1) is 0 Å². The summed E-state index contributed by atoms with van der Waals surface area (Å²) in [5, 5.41) is 21.9. The highest BCUT2D eigenvalue weighted by Crippen LogP contribution is 2.32. The standard InChI is InChI=1S/C10H16N2O5/c1-5(6-2-3-6)11-10(17)12-7(9(15)16)4-8(13)14/h5-7H,2-4H2,1H3,(H,13,14)(H,15,16)(H2,11,12,17)/t5?,7-/m1/s1. The molecular formula is C10H16N2O5. The number of hydrogen-bond acceptors (Lipinski definition) is 3. The Kier molecular flexibility index (Phi) is 4.30. The van der Waals surface area contributed by atoms with Crippen molar-refractivity contribution in [1.29, 1.82) is 0 Å². The van der Waals surface area contributed by atoms with E-state index in [0.717, 1.165) is 12.8 Å². The zero-order valence-electron chi connectivity index (χ0n) is 9.47. The number of hydrogen-bond donors (Lipinski definition) is 4. The minimum atomic E-state index is -1.40. The third-order valence-electron chi connectivity index (χ3n) is 2.67. The van der Waals surface area contributed by atoms with Crippen LogP contribution in [0.5, 0.6) is 0 Å². The van der Waals surface area contributed by atoms with Gasteiger partial charge in [0.05, 0.1) is 6.42 Å². The van der Waals surface area contributed by atoms with Crippen molar-refractivity contribution in [1.82, 2.24) is 10.6 Å². The molecule has 0 aromatic heterocycles. The molecule has 0 radical (unpaired) electrons. The van der Waals surface area contributed by atoms with E-state index in [1.165, 1.54) is 0 Å². The molecule has 7 nitrogen and oxygen atoms in total. The summed E-state index contributed by atoms with van der Waals surface area (Å²) >= 11 is 0. The number of urea groups is 1. The van der Waals surface area contributed by atoms with Crippen molar-refractivity contribution in [3.63, 3.8) is 0 Å². The van der Waals surface area contributed by atoms with Crippen molar-refractivity contribution in [2.45, 2.75) is 38.3 Å². The second-order valence-corrected chi connectivity index (χ2v) is 4.23. The summed E-state index contributed by atoms with van der Waals surface area (Å²) in [6.45, 7) is 1.84. The topological polar surface area (TPSA) is 116 Å². The molecule has 17 heavy (non-hydrogen) atoms. The van der Waals surface area contributed by atoms with Crippen molar-refractivity contribution in [3.8, 4) is 0 Å². The van der Waals surface area contributed by atoms with Crippen LogP contribution in [0.15, 0.2) is 0 Å². The Balaban J connectivity index is 2.39. The number of amides is 2. The lowest BCUT2D eigenvalue weighted by atomic mass is 10.2. The van der Waals surface area contributed by atoms with E-state index in [9.17, 15) is 14.4 Å². The summed E-state index contributed by atoms with van der Waals surface area (Å²) < 4.78 is 0. The molecule has 0 aliphatic heterocycles. The molecule has 0 aromatic carbocycles. The van der Waals surface area contributed by atoms with Gasteiger partial charge in [0.2, 0.25) is 0 Å². The number of rotatable bonds is 6. The van der Waals surface area contributed by atoms with Gasteiger partial charge in [-0.3, -0.25) is 4.79 Å². The largest absolute Gasteiger partial charge is 0.481 e. The number of carboxylic acids is 2. The SMILES string of the molecule is CC(NC(=O)N[C@H](CC(=O)O)C(=O)O)C1CC1. The summed E-state index contributed by atoms with van der Waals surface area (Å²) in [7, 11) is 0. The highest BCUT2D eigenvalue weighted by atomic mass is 16.4. The predicted octanol–water partition coefficient (Wildman–Crippen LogP) is 0.0120. The van der Waals surface area contributed by atoms with Crippen LogP contribution in [0.4, 0.5) is 4.79 Å². The van der Waals surface area contributed by atoms with Gasteiger partial charge in [-0.25, -0.2) is 9.59 Å². The van der Waals surface area contributed by atoms with Crippen LogP contribution < -0.4 is 10.6 Å². The van der Waals surface area contributed by atoms with Crippen LogP contribution in [0, 0.1) is 5.92 Å². The number of nitrogens with one attached hydrogen (secondary N) is 2. The van der Waals surface area contributed by atoms with Gasteiger partial charge in [0.25, 0.3) is 0 Å². The molecule has 2 amide bonds. The monoisotopic (exact) mass is 244 g/mol. The normalized spacial score (nSPS) is 17.9. The first-order valence-corrected chi connectivity index (χ1v) is 5.41. The molecule has 1 rings (SSSR count). The van der Waals surface area contributed by atoms with Crippen LogP contribution in [0.25, 0.3) is 0 Å². The summed E-state index contributed by atoms with van der Waals surface area (Å²) in [4.78, 5) is 32.5. The van der Waals surface area contributed by atoms with Crippen molar-refractivity contribution in [2.75, 3.05) is 0 Å². The van der Waals surface area contributed by atoms with E-state index in [-0.39, 0.29) is 6.04 Å². The first-order chi connectivity index (χ1) is 7.90. The first-order valence-electron chi connectivity index (χ1n) is 5.41. The molecule has 0 bridgehead atoms. The number of carbonyl (C=O) groups is 3. The van der Waals surface area contributed by atoms with E-state index in [0.29, 0.717) is 5.92 Å². The maximum atomic E-state index is 11.4. The second kappa shape index (κ2) is 5.51. The number of aliphatic carboxylic acids is 2. The van der Waals surface area contributed by atoms with E-state index in [2.05, 4.69) is 10.6 Å². The molecule has 96 valence electrons. The molecule has 7 heteroatoms.